The van der Waals surface area contributed by atoms with Crippen LogP contribution in [0.4, 0.5) is 0 Å². The number of benzene rings is 2. The van der Waals surface area contributed by atoms with Crippen molar-refractivity contribution in [2.24, 2.45) is 0 Å². The van der Waals surface area contributed by atoms with Gasteiger partial charge in [-0.2, -0.15) is 0 Å². The van der Waals surface area contributed by atoms with E-state index in [0.717, 1.165) is 27.3 Å². The first-order valence-corrected chi connectivity index (χ1v) is 8.03. The molecule has 0 radical (unpaired) electrons. The number of hydrogen-bond acceptors (Lipinski definition) is 4. The molecule has 0 amide bonds. The zero-order chi connectivity index (χ0) is 16.2. The molecule has 0 atom stereocenters. The maximum Gasteiger partial charge on any atom is 0.338 e. The van der Waals surface area contributed by atoms with Crippen molar-refractivity contribution in [1.82, 2.24) is 0 Å². The molecule has 0 spiro atoms. The summed E-state index contributed by atoms with van der Waals surface area (Å²) in [5.41, 5.74) is 3.48. The summed E-state index contributed by atoms with van der Waals surface area (Å²) in [5.74, 6) is 0.475. The van der Waals surface area contributed by atoms with Crippen molar-refractivity contribution in [2.45, 2.75) is 0 Å². The van der Waals surface area contributed by atoms with Gasteiger partial charge in [-0.1, -0.05) is 36.4 Å². The van der Waals surface area contributed by atoms with Crippen LogP contribution in [0.25, 0.3) is 21.6 Å². The van der Waals surface area contributed by atoms with Crippen LogP contribution < -0.4 is 4.74 Å². The first-order chi connectivity index (χ1) is 11.3. The highest BCUT2D eigenvalue weighted by Gasteiger charge is 2.18. The molecule has 0 aliphatic carbocycles. The maximum atomic E-state index is 12.1. The second kappa shape index (κ2) is 6.67. The molecule has 1 aromatic heterocycles. The topological polar surface area (TPSA) is 35.5 Å². The average molecular weight is 324 g/mol. The van der Waals surface area contributed by atoms with Gasteiger partial charge >= 0.3 is 5.97 Å². The molecule has 3 nitrogen and oxygen atoms in total. The second-order valence-electron chi connectivity index (χ2n) is 4.90. The molecule has 4 heteroatoms. The van der Waals surface area contributed by atoms with E-state index in [1.807, 2.05) is 53.9 Å². The summed E-state index contributed by atoms with van der Waals surface area (Å²) in [5, 5.41) is 2.02. The zero-order valence-electron chi connectivity index (χ0n) is 12.9. The van der Waals surface area contributed by atoms with Crippen LogP contribution in [-0.2, 0) is 4.74 Å². The number of methoxy groups -OCH3 is 2. The zero-order valence-corrected chi connectivity index (χ0v) is 13.7. The summed E-state index contributed by atoms with van der Waals surface area (Å²) < 4.78 is 10.4. The first kappa shape index (κ1) is 15.3. The van der Waals surface area contributed by atoms with Crippen molar-refractivity contribution in [3.05, 3.63) is 65.5 Å². The number of ether oxygens (including phenoxy) is 2. The van der Waals surface area contributed by atoms with Gasteiger partial charge in [-0.3, -0.25) is 0 Å². The molecule has 3 aromatic rings. The molecule has 2 aromatic carbocycles. The molecular formula is C19H16O3S. The number of carbonyl (C=O) groups is 1. The normalized spacial score (nSPS) is 10.3. The average Bonchev–Trinajstić information content (AvgIpc) is 3.10. The highest BCUT2D eigenvalue weighted by Crippen LogP contribution is 2.41. The number of thiophene rings is 1. The summed E-state index contributed by atoms with van der Waals surface area (Å²) in [6.07, 6.45) is 0. The fourth-order valence-electron chi connectivity index (χ4n) is 2.57. The largest absolute Gasteiger partial charge is 0.496 e. The number of para-hydroxylation sites is 1. The summed E-state index contributed by atoms with van der Waals surface area (Å²) in [4.78, 5) is 13.1. The van der Waals surface area contributed by atoms with Crippen LogP contribution in [0, 0.1) is 0 Å². The Morgan fingerprint density at radius 3 is 2.30 bits per heavy atom. The van der Waals surface area contributed by atoms with Crippen LogP contribution >= 0.6 is 11.3 Å². The van der Waals surface area contributed by atoms with E-state index in [1.54, 1.807) is 24.5 Å². The van der Waals surface area contributed by atoms with E-state index < -0.39 is 0 Å². The van der Waals surface area contributed by atoms with Gasteiger partial charge in [-0.05, 0) is 23.6 Å². The molecule has 0 bridgehead atoms. The van der Waals surface area contributed by atoms with Crippen molar-refractivity contribution in [3.63, 3.8) is 0 Å². The van der Waals surface area contributed by atoms with Gasteiger partial charge in [-0.15, -0.1) is 11.3 Å². The summed E-state index contributed by atoms with van der Waals surface area (Å²) in [7, 11) is 3.06. The van der Waals surface area contributed by atoms with Gasteiger partial charge in [0, 0.05) is 21.6 Å². The molecule has 23 heavy (non-hydrogen) atoms. The van der Waals surface area contributed by atoms with Gasteiger partial charge in [0.2, 0.25) is 0 Å². The Bertz CT molecular complexity index is 836. The number of esters is 1. The SMILES string of the molecule is COC(=O)c1ccccc1-c1sccc1-c1ccccc1OC. The third-order valence-electron chi connectivity index (χ3n) is 3.64. The highest BCUT2D eigenvalue weighted by atomic mass is 32.1. The van der Waals surface area contributed by atoms with E-state index in [2.05, 4.69) is 0 Å². The predicted molar refractivity (Wildman–Crippen MR) is 93.1 cm³/mol. The Hall–Kier alpha value is -2.59. The lowest BCUT2D eigenvalue weighted by molar-refractivity contribution is 0.0601. The van der Waals surface area contributed by atoms with Gasteiger partial charge < -0.3 is 9.47 Å². The maximum absolute atomic E-state index is 12.1. The molecule has 0 N–H and O–H groups in total. The Morgan fingerprint density at radius 2 is 1.57 bits per heavy atom. The van der Waals surface area contributed by atoms with Crippen molar-refractivity contribution >= 4 is 17.3 Å². The molecule has 0 saturated carbocycles. The highest BCUT2D eigenvalue weighted by molar-refractivity contribution is 7.14. The molecule has 3 rings (SSSR count). The minimum absolute atomic E-state index is 0.333. The lowest BCUT2D eigenvalue weighted by atomic mass is 9.99. The van der Waals surface area contributed by atoms with E-state index in [1.165, 1.54) is 7.11 Å². The van der Waals surface area contributed by atoms with Crippen molar-refractivity contribution < 1.29 is 14.3 Å². The standard InChI is InChI=1S/C19H16O3S/c1-21-17-10-6-5-7-13(17)15-11-12-23-18(15)14-8-3-4-9-16(14)19(20)22-2/h3-12H,1-2H3. The van der Waals surface area contributed by atoms with Gasteiger partial charge in [0.05, 0.1) is 19.8 Å². The second-order valence-corrected chi connectivity index (χ2v) is 5.82. The van der Waals surface area contributed by atoms with E-state index in [4.69, 9.17) is 9.47 Å². The number of hydrogen-bond donors (Lipinski definition) is 0. The van der Waals surface area contributed by atoms with E-state index in [-0.39, 0.29) is 5.97 Å². The molecule has 0 saturated heterocycles. The summed E-state index contributed by atoms with van der Waals surface area (Å²) in [6.45, 7) is 0. The minimum atomic E-state index is -0.333. The molecule has 116 valence electrons. The number of carbonyl (C=O) groups excluding carboxylic acids is 1. The third-order valence-corrected chi connectivity index (χ3v) is 4.59. The van der Waals surface area contributed by atoms with Gasteiger partial charge in [0.25, 0.3) is 0 Å². The molecule has 0 unspecified atom stereocenters. The van der Waals surface area contributed by atoms with Gasteiger partial charge in [-0.25, -0.2) is 4.79 Å². The van der Waals surface area contributed by atoms with E-state index in [0.29, 0.717) is 5.56 Å². The summed E-state index contributed by atoms with van der Waals surface area (Å²) >= 11 is 1.60. The quantitative estimate of drug-likeness (QED) is 0.642. The monoisotopic (exact) mass is 324 g/mol. The lowest BCUT2D eigenvalue weighted by Crippen LogP contribution is -2.03. The van der Waals surface area contributed by atoms with Crippen LogP contribution in [-0.4, -0.2) is 20.2 Å². The van der Waals surface area contributed by atoms with E-state index >= 15 is 0 Å². The van der Waals surface area contributed by atoms with Crippen LogP contribution in [0.5, 0.6) is 5.75 Å². The molecule has 1 heterocycles. The van der Waals surface area contributed by atoms with Crippen LogP contribution in [0.15, 0.2) is 60.0 Å². The van der Waals surface area contributed by atoms with Crippen LogP contribution in [0.1, 0.15) is 10.4 Å². The van der Waals surface area contributed by atoms with Gasteiger partial charge in [0.1, 0.15) is 5.75 Å². The third kappa shape index (κ3) is 2.85. The van der Waals surface area contributed by atoms with E-state index in [9.17, 15) is 4.79 Å². The fourth-order valence-corrected chi connectivity index (χ4v) is 3.52. The smallest absolute Gasteiger partial charge is 0.338 e. The first-order valence-electron chi connectivity index (χ1n) is 7.15. The Balaban J connectivity index is 2.18. The Morgan fingerprint density at radius 1 is 0.870 bits per heavy atom. The van der Waals surface area contributed by atoms with Crippen LogP contribution in [0.2, 0.25) is 0 Å². The molecule has 0 aliphatic heterocycles. The summed E-state index contributed by atoms with van der Waals surface area (Å²) in [6, 6.07) is 17.4. The van der Waals surface area contributed by atoms with Crippen molar-refractivity contribution in [1.29, 1.82) is 0 Å². The predicted octanol–water partition coefficient (Wildman–Crippen LogP) is 4.88. The fraction of sp³-hybridized carbons (Fsp3) is 0.105. The lowest BCUT2D eigenvalue weighted by Gasteiger charge is -2.11. The minimum Gasteiger partial charge on any atom is -0.496 e. The Kier molecular flexibility index (Phi) is 4.44. The molecular weight excluding hydrogens is 308 g/mol. The molecule has 0 aliphatic rings. The Labute approximate surface area is 139 Å². The van der Waals surface area contributed by atoms with Gasteiger partial charge in [0.15, 0.2) is 0 Å². The van der Waals surface area contributed by atoms with Crippen molar-refractivity contribution in [3.8, 4) is 27.3 Å². The molecule has 0 fully saturated rings. The van der Waals surface area contributed by atoms with Crippen molar-refractivity contribution in [2.75, 3.05) is 14.2 Å². The van der Waals surface area contributed by atoms with Crippen LogP contribution in [0.3, 0.4) is 0 Å². The number of rotatable bonds is 4.